The molecule has 1 saturated carbocycles. The number of carbonyl (C=O) groups excluding carboxylic acids is 1. The fourth-order valence-electron chi connectivity index (χ4n) is 2.18. The zero-order chi connectivity index (χ0) is 17.0. The summed E-state index contributed by atoms with van der Waals surface area (Å²) in [6.45, 7) is 3.91. The average Bonchev–Trinajstić information content (AvgIpc) is 2.99. The second-order valence-electron chi connectivity index (χ2n) is 6.29. The first-order valence-electron chi connectivity index (χ1n) is 7.22. The van der Waals surface area contributed by atoms with Crippen LogP contribution in [-0.2, 0) is 19.7 Å². The van der Waals surface area contributed by atoms with Crippen LogP contribution in [0.5, 0.6) is 0 Å². The van der Waals surface area contributed by atoms with Crippen molar-refractivity contribution in [3.05, 3.63) is 11.8 Å². The van der Waals surface area contributed by atoms with Crippen molar-refractivity contribution in [2.75, 3.05) is 5.75 Å². The number of hydrogen-bond donors (Lipinski definition) is 3. The van der Waals surface area contributed by atoms with Gasteiger partial charge in [-0.25, -0.2) is 4.79 Å². The van der Waals surface area contributed by atoms with Crippen LogP contribution in [0.4, 0.5) is 0 Å². The number of unbranched alkanes of at least 4 members (excludes halogenated alkanes) is 3. The van der Waals surface area contributed by atoms with E-state index in [-0.39, 0.29) is 58.2 Å². The van der Waals surface area contributed by atoms with Crippen LogP contribution in [0.2, 0.25) is 0 Å². The molecular formula is C14H24NNaO6S. The van der Waals surface area contributed by atoms with E-state index < -0.39 is 16.1 Å². The molecule has 0 aromatic rings. The molecule has 3 N–H and O–H groups in total. The number of aliphatic carboxylic acids is 1. The Kier molecular flexibility index (Phi) is 9.01. The normalized spacial score (nSPS) is 19.6. The zero-order valence-corrected chi connectivity index (χ0v) is 13.6. The predicted molar refractivity (Wildman–Crippen MR) is 87.8 cm³/mol. The van der Waals surface area contributed by atoms with E-state index in [2.05, 4.69) is 5.32 Å². The summed E-state index contributed by atoms with van der Waals surface area (Å²) in [5.41, 5.74) is -0.203. The zero-order valence-electron chi connectivity index (χ0n) is 12.8. The first-order valence-corrected chi connectivity index (χ1v) is 8.83. The van der Waals surface area contributed by atoms with Gasteiger partial charge in [0.2, 0.25) is 5.91 Å². The van der Waals surface area contributed by atoms with Gasteiger partial charge in [0.1, 0.15) is 5.70 Å². The molecule has 0 heterocycles. The van der Waals surface area contributed by atoms with Gasteiger partial charge in [0, 0.05) is 5.92 Å². The van der Waals surface area contributed by atoms with Crippen molar-refractivity contribution < 1.29 is 27.7 Å². The molecular weight excluding hydrogens is 333 g/mol. The second kappa shape index (κ2) is 9.17. The molecule has 1 fully saturated rings. The van der Waals surface area contributed by atoms with Gasteiger partial charge in [-0.15, -0.1) is 0 Å². The Morgan fingerprint density at radius 2 is 1.83 bits per heavy atom. The molecule has 1 unspecified atom stereocenters. The number of amides is 1. The van der Waals surface area contributed by atoms with Crippen molar-refractivity contribution in [1.82, 2.24) is 5.32 Å². The molecule has 1 rings (SSSR count). The van der Waals surface area contributed by atoms with E-state index in [4.69, 9.17) is 9.66 Å². The van der Waals surface area contributed by atoms with E-state index in [9.17, 15) is 18.0 Å². The quantitative estimate of drug-likeness (QED) is 0.244. The first kappa shape index (κ1) is 22.6. The van der Waals surface area contributed by atoms with Crippen LogP contribution >= 0.6 is 0 Å². The Labute approximate surface area is 158 Å². The first-order chi connectivity index (χ1) is 10.0. The SMILES string of the molecule is CC1(C)CC1C(=O)NC(=CCCCCCS(=O)(=O)O)C(=O)O.[NaH]. The van der Waals surface area contributed by atoms with Crippen molar-refractivity contribution in [2.24, 2.45) is 11.3 Å². The molecule has 0 aromatic carbocycles. The van der Waals surface area contributed by atoms with Gasteiger partial charge < -0.3 is 10.4 Å². The van der Waals surface area contributed by atoms with Crippen molar-refractivity contribution in [1.29, 1.82) is 0 Å². The second-order valence-corrected chi connectivity index (χ2v) is 7.86. The van der Waals surface area contributed by atoms with Gasteiger partial charge in [-0.3, -0.25) is 9.35 Å². The van der Waals surface area contributed by atoms with Crippen LogP contribution in [0.3, 0.4) is 0 Å². The monoisotopic (exact) mass is 357 g/mol. The van der Waals surface area contributed by atoms with Crippen molar-refractivity contribution in [2.45, 2.75) is 46.0 Å². The van der Waals surface area contributed by atoms with E-state index in [1.54, 1.807) is 0 Å². The fourth-order valence-corrected chi connectivity index (χ4v) is 2.75. The maximum atomic E-state index is 11.9. The minimum atomic E-state index is -3.94. The van der Waals surface area contributed by atoms with Gasteiger partial charge in [0.05, 0.1) is 5.75 Å². The number of allylic oxidation sites excluding steroid dienone is 1. The molecule has 7 nitrogen and oxygen atoms in total. The molecule has 1 atom stereocenters. The molecule has 0 bridgehead atoms. The van der Waals surface area contributed by atoms with Gasteiger partial charge in [-0.05, 0) is 31.1 Å². The van der Waals surface area contributed by atoms with E-state index in [1.165, 1.54) is 6.08 Å². The molecule has 0 spiro atoms. The number of rotatable bonds is 9. The topological polar surface area (TPSA) is 121 Å². The molecule has 1 aliphatic carbocycles. The third-order valence-corrected chi connectivity index (χ3v) is 4.58. The van der Waals surface area contributed by atoms with E-state index in [0.717, 1.165) is 6.42 Å². The van der Waals surface area contributed by atoms with Gasteiger partial charge in [-0.1, -0.05) is 26.3 Å². The minimum absolute atomic E-state index is 0. The van der Waals surface area contributed by atoms with Crippen LogP contribution in [-0.4, -0.2) is 65.3 Å². The summed E-state index contributed by atoms with van der Waals surface area (Å²) < 4.78 is 29.6. The van der Waals surface area contributed by atoms with Crippen molar-refractivity contribution >= 4 is 51.6 Å². The summed E-state index contributed by atoms with van der Waals surface area (Å²) >= 11 is 0. The molecule has 0 aliphatic heterocycles. The molecule has 0 aromatic heterocycles. The molecule has 1 aliphatic rings. The third-order valence-electron chi connectivity index (χ3n) is 3.77. The summed E-state index contributed by atoms with van der Waals surface area (Å²) in [4.78, 5) is 23.0. The number of carboxylic acid groups (broad SMARTS) is 1. The molecule has 0 saturated heterocycles. The molecule has 1 amide bonds. The van der Waals surface area contributed by atoms with Gasteiger partial charge >= 0.3 is 35.5 Å². The van der Waals surface area contributed by atoms with Crippen LogP contribution < -0.4 is 5.32 Å². The average molecular weight is 357 g/mol. The van der Waals surface area contributed by atoms with E-state index >= 15 is 0 Å². The van der Waals surface area contributed by atoms with E-state index in [1.807, 2.05) is 13.8 Å². The van der Waals surface area contributed by atoms with Crippen LogP contribution in [0.1, 0.15) is 46.0 Å². The maximum absolute atomic E-state index is 11.9. The Morgan fingerprint density at radius 1 is 1.26 bits per heavy atom. The van der Waals surface area contributed by atoms with Crippen LogP contribution in [0, 0.1) is 11.3 Å². The Hall–Kier alpha value is -0.410. The molecule has 23 heavy (non-hydrogen) atoms. The summed E-state index contributed by atoms with van der Waals surface area (Å²) in [7, 11) is -3.94. The third kappa shape index (κ3) is 8.85. The van der Waals surface area contributed by atoms with Crippen molar-refractivity contribution in [3.8, 4) is 0 Å². The molecule has 0 radical (unpaired) electrons. The van der Waals surface area contributed by atoms with Crippen LogP contribution in [0.15, 0.2) is 11.8 Å². The Morgan fingerprint density at radius 3 is 2.26 bits per heavy atom. The summed E-state index contributed by atoms with van der Waals surface area (Å²) in [5.74, 6) is -1.91. The Bertz CT molecular complexity index is 570. The number of carbonyl (C=O) groups is 2. The van der Waals surface area contributed by atoms with Crippen molar-refractivity contribution in [3.63, 3.8) is 0 Å². The predicted octanol–water partition coefficient (Wildman–Crippen LogP) is 0.917. The Balaban J connectivity index is 0.00000484. The number of nitrogens with one attached hydrogen (secondary N) is 1. The number of carboxylic acids is 1. The molecule has 9 heteroatoms. The van der Waals surface area contributed by atoms with Gasteiger partial charge in [0.25, 0.3) is 10.1 Å². The summed E-state index contributed by atoms with van der Waals surface area (Å²) in [6.07, 6.45) is 4.05. The van der Waals surface area contributed by atoms with Gasteiger partial charge in [0.15, 0.2) is 0 Å². The standard InChI is InChI=1S/C14H23NO6S.Na.H/c1-14(2)9-10(14)12(16)15-11(13(17)18)7-5-3-4-6-8-22(19,20)21;;/h7,10H,3-6,8-9H2,1-2H3,(H,15,16)(H,17,18)(H,19,20,21);;. The van der Waals surface area contributed by atoms with Crippen LogP contribution in [0.25, 0.3) is 0 Å². The molecule has 128 valence electrons. The fraction of sp³-hybridized carbons (Fsp3) is 0.714. The van der Waals surface area contributed by atoms with E-state index in [0.29, 0.717) is 25.7 Å². The number of hydrogen-bond acceptors (Lipinski definition) is 4. The van der Waals surface area contributed by atoms with Gasteiger partial charge in [-0.2, -0.15) is 8.42 Å². The summed E-state index contributed by atoms with van der Waals surface area (Å²) in [5, 5.41) is 11.5. The summed E-state index contributed by atoms with van der Waals surface area (Å²) in [6, 6.07) is 0.